The lowest BCUT2D eigenvalue weighted by molar-refractivity contribution is 0.150. The topological polar surface area (TPSA) is 89.6 Å². The zero-order valence-electron chi connectivity index (χ0n) is 11.4. The van der Waals surface area contributed by atoms with E-state index in [2.05, 4.69) is 10.3 Å². The number of rotatable bonds is 6. The molecule has 0 bridgehead atoms. The van der Waals surface area contributed by atoms with Crippen molar-refractivity contribution in [3.8, 4) is 11.5 Å². The smallest absolute Gasteiger partial charge is 0.161 e. The van der Waals surface area contributed by atoms with Crippen molar-refractivity contribution in [1.82, 2.24) is 15.0 Å². The molecule has 0 saturated heterocycles. The SMILES string of the molecule is COc1ccc([C@H](O)Cn2cc(CO)nn2)cc1OC. The Morgan fingerprint density at radius 3 is 2.60 bits per heavy atom. The Kier molecular flexibility index (Phi) is 4.54. The number of aromatic nitrogens is 3. The van der Waals surface area contributed by atoms with E-state index in [-0.39, 0.29) is 13.2 Å². The molecule has 0 unspecified atom stereocenters. The molecule has 108 valence electrons. The van der Waals surface area contributed by atoms with Gasteiger partial charge in [0.25, 0.3) is 0 Å². The molecule has 20 heavy (non-hydrogen) atoms. The van der Waals surface area contributed by atoms with Gasteiger partial charge in [0.05, 0.1) is 39.7 Å². The zero-order valence-corrected chi connectivity index (χ0v) is 11.4. The molecule has 1 atom stereocenters. The van der Waals surface area contributed by atoms with Crippen LogP contribution >= 0.6 is 0 Å². The minimum Gasteiger partial charge on any atom is -0.493 e. The second-order valence-corrected chi connectivity index (χ2v) is 4.22. The van der Waals surface area contributed by atoms with Crippen LogP contribution in [0.3, 0.4) is 0 Å². The van der Waals surface area contributed by atoms with Crippen molar-refractivity contribution in [2.24, 2.45) is 0 Å². The number of nitrogens with zero attached hydrogens (tertiary/aromatic N) is 3. The lowest BCUT2D eigenvalue weighted by atomic mass is 10.1. The third-order valence-electron chi connectivity index (χ3n) is 2.90. The van der Waals surface area contributed by atoms with Gasteiger partial charge in [0, 0.05) is 0 Å². The maximum atomic E-state index is 10.2. The molecule has 1 aromatic carbocycles. The molecule has 7 nitrogen and oxygen atoms in total. The molecule has 0 fully saturated rings. The number of benzene rings is 1. The highest BCUT2D eigenvalue weighted by Crippen LogP contribution is 2.30. The molecule has 0 spiro atoms. The second-order valence-electron chi connectivity index (χ2n) is 4.22. The van der Waals surface area contributed by atoms with Gasteiger partial charge in [-0.15, -0.1) is 5.10 Å². The van der Waals surface area contributed by atoms with Gasteiger partial charge in [0.15, 0.2) is 11.5 Å². The monoisotopic (exact) mass is 279 g/mol. The minimum atomic E-state index is -0.761. The van der Waals surface area contributed by atoms with Gasteiger partial charge in [-0.2, -0.15) is 0 Å². The summed E-state index contributed by atoms with van der Waals surface area (Å²) < 4.78 is 11.8. The first kappa shape index (κ1) is 14.3. The third kappa shape index (κ3) is 3.06. The van der Waals surface area contributed by atoms with Gasteiger partial charge in [0.1, 0.15) is 5.69 Å². The van der Waals surface area contributed by atoms with Crippen LogP contribution in [0.4, 0.5) is 0 Å². The molecule has 0 aliphatic carbocycles. The van der Waals surface area contributed by atoms with Gasteiger partial charge >= 0.3 is 0 Å². The van der Waals surface area contributed by atoms with Crippen LogP contribution in [0.15, 0.2) is 24.4 Å². The van der Waals surface area contributed by atoms with Crippen LogP contribution in [0.2, 0.25) is 0 Å². The Morgan fingerprint density at radius 2 is 2.00 bits per heavy atom. The first-order valence-corrected chi connectivity index (χ1v) is 6.07. The van der Waals surface area contributed by atoms with Crippen LogP contribution in [0.5, 0.6) is 11.5 Å². The maximum absolute atomic E-state index is 10.2. The van der Waals surface area contributed by atoms with E-state index in [0.717, 1.165) is 0 Å². The van der Waals surface area contributed by atoms with Crippen molar-refractivity contribution < 1.29 is 19.7 Å². The largest absolute Gasteiger partial charge is 0.493 e. The van der Waals surface area contributed by atoms with Crippen LogP contribution in [-0.4, -0.2) is 39.4 Å². The summed E-state index contributed by atoms with van der Waals surface area (Å²) in [5.41, 5.74) is 1.15. The molecular weight excluding hydrogens is 262 g/mol. The highest BCUT2D eigenvalue weighted by Gasteiger charge is 2.13. The number of methoxy groups -OCH3 is 2. The molecule has 1 heterocycles. The molecule has 0 saturated carbocycles. The van der Waals surface area contributed by atoms with Crippen molar-refractivity contribution in [3.63, 3.8) is 0 Å². The van der Waals surface area contributed by atoms with Crippen LogP contribution in [-0.2, 0) is 13.2 Å². The van der Waals surface area contributed by atoms with E-state index in [1.807, 2.05) is 0 Å². The van der Waals surface area contributed by atoms with Crippen LogP contribution in [0, 0.1) is 0 Å². The summed E-state index contributed by atoms with van der Waals surface area (Å²) in [6.07, 6.45) is 0.826. The summed E-state index contributed by atoms with van der Waals surface area (Å²) in [5.74, 6) is 1.16. The first-order valence-electron chi connectivity index (χ1n) is 6.07. The van der Waals surface area contributed by atoms with E-state index in [9.17, 15) is 5.11 Å². The number of ether oxygens (including phenoxy) is 2. The number of hydrogen-bond acceptors (Lipinski definition) is 6. The van der Waals surface area contributed by atoms with Gasteiger partial charge in [-0.05, 0) is 17.7 Å². The van der Waals surface area contributed by atoms with Crippen molar-refractivity contribution in [2.75, 3.05) is 14.2 Å². The number of hydrogen-bond donors (Lipinski definition) is 2. The Labute approximate surface area is 116 Å². The highest BCUT2D eigenvalue weighted by molar-refractivity contribution is 5.43. The van der Waals surface area contributed by atoms with Gasteiger partial charge in [-0.25, -0.2) is 4.68 Å². The van der Waals surface area contributed by atoms with Crippen molar-refractivity contribution in [2.45, 2.75) is 19.3 Å². The van der Waals surface area contributed by atoms with Crippen molar-refractivity contribution in [3.05, 3.63) is 35.7 Å². The zero-order chi connectivity index (χ0) is 14.5. The molecule has 2 rings (SSSR count). The maximum Gasteiger partial charge on any atom is 0.161 e. The molecular formula is C13H17N3O4. The first-order chi connectivity index (χ1) is 9.67. The van der Waals surface area contributed by atoms with E-state index in [4.69, 9.17) is 14.6 Å². The van der Waals surface area contributed by atoms with E-state index in [1.165, 1.54) is 4.68 Å². The van der Waals surface area contributed by atoms with Crippen LogP contribution < -0.4 is 9.47 Å². The van der Waals surface area contributed by atoms with E-state index in [0.29, 0.717) is 22.8 Å². The summed E-state index contributed by atoms with van der Waals surface area (Å²) in [4.78, 5) is 0. The lowest BCUT2D eigenvalue weighted by Crippen LogP contribution is -2.09. The number of aliphatic hydroxyl groups excluding tert-OH is 2. The molecule has 2 aromatic rings. The average Bonchev–Trinajstić information content (AvgIpc) is 2.94. The Balaban J connectivity index is 2.14. The van der Waals surface area contributed by atoms with Crippen LogP contribution in [0.1, 0.15) is 17.4 Å². The van der Waals surface area contributed by atoms with Crippen molar-refractivity contribution in [1.29, 1.82) is 0 Å². The van der Waals surface area contributed by atoms with Gasteiger partial charge in [-0.1, -0.05) is 11.3 Å². The second kappa shape index (κ2) is 6.36. The standard InChI is InChI=1S/C13H17N3O4/c1-19-12-4-3-9(5-13(12)20-2)11(18)7-16-6-10(8-17)14-15-16/h3-6,11,17-18H,7-8H2,1-2H3/t11-/m1/s1. The van der Waals surface area contributed by atoms with E-state index in [1.54, 1.807) is 38.6 Å². The minimum absolute atomic E-state index is 0.174. The fourth-order valence-corrected chi connectivity index (χ4v) is 1.84. The molecule has 0 radical (unpaired) electrons. The Hall–Kier alpha value is -2.12. The quantitative estimate of drug-likeness (QED) is 0.801. The summed E-state index contributed by atoms with van der Waals surface area (Å²) in [7, 11) is 3.10. The molecule has 0 amide bonds. The highest BCUT2D eigenvalue weighted by atomic mass is 16.5. The molecule has 0 aliphatic heterocycles. The summed E-state index contributed by atoms with van der Waals surface area (Å²) in [6.45, 7) is 0.0644. The fourth-order valence-electron chi connectivity index (χ4n) is 1.84. The van der Waals surface area contributed by atoms with Crippen molar-refractivity contribution >= 4 is 0 Å². The lowest BCUT2D eigenvalue weighted by Gasteiger charge is -2.14. The Bertz CT molecular complexity index is 570. The normalized spacial score (nSPS) is 12.2. The fraction of sp³-hybridized carbons (Fsp3) is 0.385. The Morgan fingerprint density at radius 1 is 1.25 bits per heavy atom. The van der Waals surface area contributed by atoms with Gasteiger partial charge < -0.3 is 19.7 Å². The van der Waals surface area contributed by atoms with Gasteiger partial charge in [0.2, 0.25) is 0 Å². The predicted octanol–water partition coefficient (Wildman–Crippen LogP) is 0.521. The summed E-state index contributed by atoms with van der Waals surface area (Å²) in [5, 5.41) is 26.7. The van der Waals surface area contributed by atoms with E-state index < -0.39 is 6.10 Å². The molecule has 0 aliphatic rings. The van der Waals surface area contributed by atoms with E-state index >= 15 is 0 Å². The predicted molar refractivity (Wildman–Crippen MR) is 70.5 cm³/mol. The van der Waals surface area contributed by atoms with Crippen LogP contribution in [0.25, 0.3) is 0 Å². The summed E-state index contributed by atoms with van der Waals surface area (Å²) in [6, 6.07) is 5.21. The van der Waals surface area contributed by atoms with Gasteiger partial charge in [-0.3, -0.25) is 0 Å². The molecule has 2 N–H and O–H groups in total. The third-order valence-corrected chi connectivity index (χ3v) is 2.90. The summed E-state index contributed by atoms with van der Waals surface area (Å²) >= 11 is 0. The average molecular weight is 279 g/mol. The number of aliphatic hydroxyl groups is 2. The molecule has 7 heteroatoms. The molecule has 1 aromatic heterocycles.